The van der Waals surface area contributed by atoms with Crippen LogP contribution in [0.1, 0.15) is 38.1 Å². The van der Waals surface area contributed by atoms with E-state index in [2.05, 4.69) is 10.2 Å². The van der Waals surface area contributed by atoms with Crippen molar-refractivity contribution in [3.63, 3.8) is 0 Å². The third-order valence-corrected chi connectivity index (χ3v) is 6.01. The lowest BCUT2D eigenvalue weighted by Crippen LogP contribution is -2.33. The van der Waals surface area contributed by atoms with Crippen LogP contribution < -0.4 is 0 Å². The van der Waals surface area contributed by atoms with Gasteiger partial charge in [-0.05, 0) is 31.4 Å². The summed E-state index contributed by atoms with van der Waals surface area (Å²) in [6, 6.07) is 9.54. The van der Waals surface area contributed by atoms with Gasteiger partial charge in [0, 0.05) is 12.2 Å². The number of hydrogen-bond acceptors (Lipinski definition) is 4. The van der Waals surface area contributed by atoms with Crippen molar-refractivity contribution in [2.24, 2.45) is 0 Å². The topological polar surface area (TPSA) is 68.1 Å². The summed E-state index contributed by atoms with van der Waals surface area (Å²) in [7, 11) is -3.23. The molecule has 118 valence electrons. The Morgan fingerprint density at radius 2 is 2.05 bits per heavy atom. The van der Waals surface area contributed by atoms with Gasteiger partial charge in [-0.2, -0.15) is 4.31 Å². The lowest BCUT2D eigenvalue weighted by Gasteiger charge is -2.23. The molecule has 0 N–H and O–H groups in total. The summed E-state index contributed by atoms with van der Waals surface area (Å²) >= 11 is 0. The Labute approximate surface area is 130 Å². The number of hydrogen-bond donors (Lipinski definition) is 0. The summed E-state index contributed by atoms with van der Waals surface area (Å²) in [5, 5.41) is 8.20. The van der Waals surface area contributed by atoms with Crippen molar-refractivity contribution in [2.75, 3.05) is 12.3 Å². The van der Waals surface area contributed by atoms with Gasteiger partial charge >= 0.3 is 0 Å². The summed E-state index contributed by atoms with van der Waals surface area (Å²) in [5.74, 6) is 0.881. The van der Waals surface area contributed by atoms with E-state index in [4.69, 9.17) is 0 Å². The van der Waals surface area contributed by atoms with E-state index in [9.17, 15) is 8.42 Å². The van der Waals surface area contributed by atoms with E-state index < -0.39 is 10.0 Å². The number of rotatable bonds is 5. The molecule has 1 aromatic heterocycles. The number of sulfonamides is 1. The van der Waals surface area contributed by atoms with Crippen LogP contribution in [0.15, 0.2) is 36.7 Å². The molecular formula is C15H20N4O2S. The molecule has 1 atom stereocenters. The van der Waals surface area contributed by atoms with E-state index in [1.54, 1.807) is 10.6 Å². The van der Waals surface area contributed by atoms with Crippen molar-refractivity contribution < 1.29 is 8.42 Å². The molecule has 7 heteroatoms. The highest BCUT2D eigenvalue weighted by molar-refractivity contribution is 7.89. The van der Waals surface area contributed by atoms with Crippen LogP contribution in [0, 0.1) is 0 Å². The van der Waals surface area contributed by atoms with Crippen LogP contribution in [0.3, 0.4) is 0 Å². The average Bonchev–Trinajstić information content (AvgIpc) is 3.17. The van der Waals surface area contributed by atoms with Crippen LogP contribution in [-0.2, 0) is 10.0 Å². The Morgan fingerprint density at radius 3 is 2.77 bits per heavy atom. The molecule has 0 saturated carbocycles. The molecule has 1 unspecified atom stereocenters. The molecule has 1 fully saturated rings. The van der Waals surface area contributed by atoms with Gasteiger partial charge in [0.15, 0.2) is 5.82 Å². The molecule has 1 aromatic carbocycles. The van der Waals surface area contributed by atoms with E-state index in [-0.39, 0.29) is 11.8 Å². The number of nitrogens with zero attached hydrogens (tertiary/aromatic N) is 4. The van der Waals surface area contributed by atoms with Crippen LogP contribution in [-0.4, -0.2) is 39.8 Å². The second-order valence-electron chi connectivity index (χ2n) is 5.48. The van der Waals surface area contributed by atoms with Crippen molar-refractivity contribution in [2.45, 2.75) is 32.2 Å². The summed E-state index contributed by atoms with van der Waals surface area (Å²) < 4.78 is 28.4. The van der Waals surface area contributed by atoms with Crippen LogP contribution >= 0.6 is 0 Å². The zero-order chi connectivity index (χ0) is 15.6. The van der Waals surface area contributed by atoms with Crippen LogP contribution in [0.5, 0.6) is 0 Å². The summed E-state index contributed by atoms with van der Waals surface area (Å²) in [4.78, 5) is 0. The Hall–Kier alpha value is -1.73. The highest BCUT2D eigenvalue weighted by Gasteiger charge is 2.37. The molecule has 1 saturated heterocycles. The molecule has 2 heterocycles. The summed E-state index contributed by atoms with van der Waals surface area (Å²) in [6.07, 6.45) is 3.91. The molecule has 0 bridgehead atoms. The van der Waals surface area contributed by atoms with Gasteiger partial charge in [-0.3, -0.25) is 4.57 Å². The van der Waals surface area contributed by atoms with E-state index >= 15 is 0 Å². The third kappa shape index (κ3) is 2.78. The molecule has 22 heavy (non-hydrogen) atoms. The monoisotopic (exact) mass is 320 g/mol. The first-order valence-corrected chi connectivity index (χ1v) is 9.19. The minimum atomic E-state index is -3.23. The fraction of sp³-hybridized carbons (Fsp3) is 0.467. The molecular weight excluding hydrogens is 300 g/mol. The van der Waals surface area contributed by atoms with E-state index in [0.29, 0.717) is 18.8 Å². The second kappa shape index (κ2) is 6.18. The Bertz CT molecular complexity index is 727. The zero-order valence-electron chi connectivity index (χ0n) is 12.6. The first-order chi connectivity index (χ1) is 10.6. The molecule has 0 spiro atoms. The molecule has 0 radical (unpaired) electrons. The maximum Gasteiger partial charge on any atom is 0.214 e. The van der Waals surface area contributed by atoms with Gasteiger partial charge < -0.3 is 0 Å². The van der Waals surface area contributed by atoms with Gasteiger partial charge in [-0.1, -0.05) is 25.1 Å². The largest absolute Gasteiger partial charge is 0.284 e. The van der Waals surface area contributed by atoms with Gasteiger partial charge in [0.1, 0.15) is 6.33 Å². The van der Waals surface area contributed by atoms with Crippen molar-refractivity contribution >= 4 is 10.0 Å². The zero-order valence-corrected chi connectivity index (χ0v) is 13.4. The van der Waals surface area contributed by atoms with E-state index in [0.717, 1.165) is 18.5 Å². The number of benzene rings is 1. The molecule has 1 aliphatic rings. The second-order valence-corrected chi connectivity index (χ2v) is 7.52. The quantitative estimate of drug-likeness (QED) is 0.846. The van der Waals surface area contributed by atoms with Gasteiger partial charge in [-0.25, -0.2) is 8.42 Å². The van der Waals surface area contributed by atoms with E-state index in [1.807, 2.05) is 41.8 Å². The predicted octanol–water partition coefficient (Wildman–Crippen LogP) is 2.14. The van der Waals surface area contributed by atoms with Crippen LogP contribution in [0.4, 0.5) is 0 Å². The molecule has 0 amide bonds. The number of aromatic nitrogens is 3. The average molecular weight is 320 g/mol. The standard InChI is InChI=1S/C15H20N4O2S/c1-2-11-22(20,21)19-10-6-9-14(19)15-17-16-12-18(15)13-7-4-3-5-8-13/h3-5,7-8,12,14H,2,6,9-11H2,1H3. The van der Waals surface area contributed by atoms with Gasteiger partial charge in [0.25, 0.3) is 0 Å². The summed E-state index contributed by atoms with van der Waals surface area (Å²) in [6.45, 7) is 2.45. The fourth-order valence-corrected chi connectivity index (χ4v) is 4.71. The SMILES string of the molecule is CCCS(=O)(=O)N1CCCC1c1nncn1-c1ccccc1. The maximum atomic E-state index is 12.5. The summed E-state index contributed by atoms with van der Waals surface area (Å²) in [5.41, 5.74) is 0.947. The highest BCUT2D eigenvalue weighted by Crippen LogP contribution is 2.34. The third-order valence-electron chi connectivity index (χ3n) is 3.93. The van der Waals surface area contributed by atoms with Crippen molar-refractivity contribution in [1.82, 2.24) is 19.1 Å². The van der Waals surface area contributed by atoms with Crippen molar-refractivity contribution in [1.29, 1.82) is 0 Å². The highest BCUT2D eigenvalue weighted by atomic mass is 32.2. The van der Waals surface area contributed by atoms with Gasteiger partial charge in [0.05, 0.1) is 11.8 Å². The smallest absolute Gasteiger partial charge is 0.214 e. The molecule has 3 rings (SSSR count). The van der Waals surface area contributed by atoms with Gasteiger partial charge in [-0.15, -0.1) is 10.2 Å². The van der Waals surface area contributed by atoms with Gasteiger partial charge in [0.2, 0.25) is 10.0 Å². The Balaban J connectivity index is 1.96. The lowest BCUT2D eigenvalue weighted by molar-refractivity contribution is 0.379. The van der Waals surface area contributed by atoms with Crippen molar-refractivity contribution in [3.8, 4) is 5.69 Å². The fourth-order valence-electron chi connectivity index (χ4n) is 2.97. The maximum absolute atomic E-state index is 12.5. The van der Waals surface area contributed by atoms with Crippen molar-refractivity contribution in [3.05, 3.63) is 42.5 Å². The molecule has 6 nitrogen and oxygen atoms in total. The lowest BCUT2D eigenvalue weighted by atomic mass is 10.2. The van der Waals surface area contributed by atoms with E-state index in [1.165, 1.54) is 0 Å². The minimum Gasteiger partial charge on any atom is -0.284 e. The molecule has 0 aliphatic carbocycles. The Kier molecular flexibility index (Phi) is 4.26. The van der Waals surface area contributed by atoms with Crippen LogP contribution in [0.2, 0.25) is 0 Å². The normalized spacial score (nSPS) is 19.6. The first kappa shape index (κ1) is 15.2. The predicted molar refractivity (Wildman–Crippen MR) is 84.1 cm³/mol. The number of para-hydroxylation sites is 1. The first-order valence-electron chi connectivity index (χ1n) is 7.58. The Morgan fingerprint density at radius 1 is 1.27 bits per heavy atom. The van der Waals surface area contributed by atoms with Crippen LogP contribution in [0.25, 0.3) is 5.69 Å². The molecule has 1 aliphatic heterocycles. The minimum absolute atomic E-state index is 0.184. The molecule has 2 aromatic rings.